The first-order valence-corrected chi connectivity index (χ1v) is 8.01. The molecule has 0 spiro atoms. The number of carbonyl (C=O) groups is 1. The number of carbonyl (C=O) groups excluding carboxylic acids is 1. The van der Waals surface area contributed by atoms with Crippen LogP contribution in [0.1, 0.15) is 27.7 Å². The highest BCUT2D eigenvalue weighted by atomic mass is 79.9. The minimum absolute atomic E-state index is 0.177. The van der Waals surface area contributed by atoms with Crippen molar-refractivity contribution >= 4 is 21.8 Å². The molecular formula is C18H13BrFN3O. The van der Waals surface area contributed by atoms with Crippen LogP contribution in [0.4, 0.5) is 4.39 Å². The van der Waals surface area contributed by atoms with Gasteiger partial charge in [0, 0.05) is 22.4 Å². The Hall–Kier alpha value is -2.60. The molecule has 24 heavy (non-hydrogen) atoms. The average molecular weight is 386 g/mol. The highest BCUT2D eigenvalue weighted by molar-refractivity contribution is 9.10. The molecule has 0 saturated carbocycles. The molecule has 0 aliphatic rings. The van der Waals surface area contributed by atoms with Crippen molar-refractivity contribution in [1.29, 1.82) is 0 Å². The normalized spacial score (nSPS) is 11.8. The van der Waals surface area contributed by atoms with E-state index >= 15 is 0 Å². The molecule has 3 rings (SSSR count). The standard InChI is InChI=1S/C18H13BrFN3O/c19-13-6-7-14(15(20)10-13)17(12-4-2-1-3-5-12)23-18(24)16-11-21-8-9-22-16/h1-11,17H,(H,23,24)/t17-/m1/s1. The Kier molecular flexibility index (Phi) is 4.96. The summed E-state index contributed by atoms with van der Waals surface area (Å²) in [5.74, 6) is -0.822. The van der Waals surface area contributed by atoms with E-state index in [1.807, 2.05) is 30.3 Å². The third-order valence-electron chi connectivity index (χ3n) is 3.48. The lowest BCUT2D eigenvalue weighted by molar-refractivity contribution is 0.0937. The summed E-state index contributed by atoms with van der Waals surface area (Å²) in [6, 6.07) is 13.3. The second-order valence-corrected chi connectivity index (χ2v) is 5.99. The van der Waals surface area contributed by atoms with Gasteiger partial charge in [-0.2, -0.15) is 0 Å². The molecule has 3 aromatic rings. The SMILES string of the molecule is O=C(N[C@H](c1ccccc1)c1ccc(Br)cc1F)c1cnccn1. The molecule has 0 radical (unpaired) electrons. The van der Waals surface area contributed by atoms with Crippen molar-refractivity contribution in [3.63, 3.8) is 0 Å². The fourth-order valence-corrected chi connectivity index (χ4v) is 2.68. The number of aromatic nitrogens is 2. The van der Waals surface area contributed by atoms with Gasteiger partial charge in [0.25, 0.3) is 5.91 Å². The van der Waals surface area contributed by atoms with Gasteiger partial charge in [0.2, 0.25) is 0 Å². The van der Waals surface area contributed by atoms with Crippen molar-refractivity contribution in [3.8, 4) is 0 Å². The van der Waals surface area contributed by atoms with E-state index < -0.39 is 17.8 Å². The average Bonchev–Trinajstić information content (AvgIpc) is 2.61. The third kappa shape index (κ3) is 3.65. The van der Waals surface area contributed by atoms with Crippen molar-refractivity contribution in [3.05, 3.63) is 94.2 Å². The molecule has 0 unspecified atom stereocenters. The maximum absolute atomic E-state index is 14.4. The minimum Gasteiger partial charge on any atom is -0.340 e. The van der Waals surface area contributed by atoms with Gasteiger partial charge in [-0.05, 0) is 17.7 Å². The van der Waals surface area contributed by atoms with Gasteiger partial charge in [-0.25, -0.2) is 9.37 Å². The van der Waals surface area contributed by atoms with Gasteiger partial charge in [0.05, 0.1) is 12.2 Å². The van der Waals surface area contributed by atoms with Crippen LogP contribution in [0.25, 0.3) is 0 Å². The molecule has 6 heteroatoms. The van der Waals surface area contributed by atoms with Crippen LogP contribution in [-0.4, -0.2) is 15.9 Å². The summed E-state index contributed by atoms with van der Waals surface area (Å²) in [5, 5.41) is 2.83. The van der Waals surface area contributed by atoms with Crippen LogP contribution >= 0.6 is 15.9 Å². The first-order valence-electron chi connectivity index (χ1n) is 7.22. The van der Waals surface area contributed by atoms with Gasteiger partial charge in [-0.15, -0.1) is 0 Å². The van der Waals surface area contributed by atoms with Crippen LogP contribution < -0.4 is 5.32 Å². The number of benzene rings is 2. The second-order valence-electron chi connectivity index (χ2n) is 5.07. The minimum atomic E-state index is -0.631. The number of rotatable bonds is 4. The highest BCUT2D eigenvalue weighted by Crippen LogP contribution is 2.26. The quantitative estimate of drug-likeness (QED) is 0.740. The molecule has 1 amide bonds. The van der Waals surface area contributed by atoms with Gasteiger partial charge in [-0.3, -0.25) is 9.78 Å². The van der Waals surface area contributed by atoms with E-state index in [4.69, 9.17) is 0 Å². The lowest BCUT2D eigenvalue weighted by atomic mass is 9.98. The molecule has 0 aliphatic carbocycles. The monoisotopic (exact) mass is 385 g/mol. The van der Waals surface area contributed by atoms with E-state index in [0.717, 1.165) is 5.56 Å². The van der Waals surface area contributed by atoms with Crippen molar-refractivity contribution < 1.29 is 9.18 Å². The lowest BCUT2D eigenvalue weighted by Crippen LogP contribution is -2.30. The first kappa shape index (κ1) is 16.3. The van der Waals surface area contributed by atoms with E-state index in [2.05, 4.69) is 31.2 Å². The molecule has 1 N–H and O–H groups in total. The Morgan fingerprint density at radius 2 is 1.92 bits per heavy atom. The van der Waals surface area contributed by atoms with Crippen LogP contribution in [0.15, 0.2) is 71.6 Å². The summed E-state index contributed by atoms with van der Waals surface area (Å²) >= 11 is 3.24. The van der Waals surface area contributed by atoms with Crippen LogP contribution in [0, 0.1) is 5.82 Å². The van der Waals surface area contributed by atoms with Gasteiger partial charge in [0.15, 0.2) is 0 Å². The molecule has 0 fully saturated rings. The number of amides is 1. The molecule has 1 aromatic heterocycles. The number of hydrogen-bond acceptors (Lipinski definition) is 3. The zero-order chi connectivity index (χ0) is 16.9. The van der Waals surface area contributed by atoms with Crippen molar-refractivity contribution in [2.45, 2.75) is 6.04 Å². The summed E-state index contributed by atoms with van der Waals surface area (Å²) < 4.78 is 15.1. The predicted molar refractivity (Wildman–Crippen MR) is 91.9 cm³/mol. The summed E-state index contributed by atoms with van der Waals surface area (Å²) in [6.07, 6.45) is 4.29. The molecule has 1 heterocycles. The van der Waals surface area contributed by atoms with Crippen molar-refractivity contribution in [1.82, 2.24) is 15.3 Å². The maximum atomic E-state index is 14.4. The molecule has 0 bridgehead atoms. The number of nitrogens with zero attached hydrogens (tertiary/aromatic N) is 2. The number of nitrogens with one attached hydrogen (secondary N) is 1. The van der Waals surface area contributed by atoms with Gasteiger partial charge >= 0.3 is 0 Å². The Morgan fingerprint density at radius 1 is 1.12 bits per heavy atom. The van der Waals surface area contributed by atoms with Crippen LogP contribution in [0.3, 0.4) is 0 Å². The molecule has 0 aliphatic heterocycles. The molecule has 2 aromatic carbocycles. The fraction of sp³-hybridized carbons (Fsp3) is 0.0556. The second kappa shape index (κ2) is 7.31. The van der Waals surface area contributed by atoms with Crippen LogP contribution in [0.5, 0.6) is 0 Å². The summed E-state index contributed by atoms with van der Waals surface area (Å²) in [6.45, 7) is 0. The van der Waals surface area contributed by atoms with Crippen LogP contribution in [0.2, 0.25) is 0 Å². The fourth-order valence-electron chi connectivity index (χ4n) is 2.34. The topological polar surface area (TPSA) is 54.9 Å². The van der Waals surface area contributed by atoms with E-state index in [-0.39, 0.29) is 5.69 Å². The van der Waals surface area contributed by atoms with Gasteiger partial charge in [0.1, 0.15) is 11.5 Å². The molecule has 0 saturated heterocycles. The summed E-state index contributed by atoms with van der Waals surface area (Å²) in [4.78, 5) is 20.3. The first-order chi connectivity index (χ1) is 11.6. The van der Waals surface area contributed by atoms with Gasteiger partial charge in [-0.1, -0.05) is 52.3 Å². The highest BCUT2D eigenvalue weighted by Gasteiger charge is 2.21. The summed E-state index contributed by atoms with van der Waals surface area (Å²) in [5.41, 5.74) is 1.33. The third-order valence-corrected chi connectivity index (χ3v) is 3.97. The Morgan fingerprint density at radius 3 is 2.58 bits per heavy atom. The van der Waals surface area contributed by atoms with E-state index in [9.17, 15) is 9.18 Å². The smallest absolute Gasteiger partial charge is 0.272 e. The van der Waals surface area contributed by atoms with Crippen molar-refractivity contribution in [2.24, 2.45) is 0 Å². The van der Waals surface area contributed by atoms with E-state index in [1.165, 1.54) is 24.7 Å². The zero-order valence-electron chi connectivity index (χ0n) is 12.5. The predicted octanol–water partition coefficient (Wildman–Crippen LogP) is 3.90. The molecular weight excluding hydrogens is 373 g/mol. The molecule has 4 nitrogen and oxygen atoms in total. The van der Waals surface area contributed by atoms with Crippen LogP contribution in [-0.2, 0) is 0 Å². The number of hydrogen-bond donors (Lipinski definition) is 1. The van der Waals surface area contributed by atoms with E-state index in [1.54, 1.807) is 12.1 Å². The van der Waals surface area contributed by atoms with E-state index in [0.29, 0.717) is 10.0 Å². The Bertz CT molecular complexity index is 843. The zero-order valence-corrected chi connectivity index (χ0v) is 14.1. The maximum Gasteiger partial charge on any atom is 0.272 e. The molecule has 1 atom stereocenters. The Balaban J connectivity index is 1.98. The van der Waals surface area contributed by atoms with Gasteiger partial charge < -0.3 is 5.32 Å². The largest absolute Gasteiger partial charge is 0.340 e. The Labute approximate surface area is 146 Å². The molecule has 120 valence electrons. The summed E-state index contributed by atoms with van der Waals surface area (Å²) in [7, 11) is 0. The van der Waals surface area contributed by atoms with Crippen molar-refractivity contribution in [2.75, 3.05) is 0 Å². The number of halogens is 2. The lowest BCUT2D eigenvalue weighted by Gasteiger charge is -2.20.